The second-order valence-corrected chi connectivity index (χ2v) is 4.23. The van der Waals surface area contributed by atoms with Gasteiger partial charge in [0.15, 0.2) is 0 Å². The molecule has 6 nitrogen and oxygen atoms in total. The number of benzene rings is 1. The molecular weight excluding hydrogens is 242 g/mol. The van der Waals surface area contributed by atoms with Crippen LogP contribution < -0.4 is 5.32 Å². The smallest absolute Gasteiger partial charge is 0.143 e. The van der Waals surface area contributed by atoms with Gasteiger partial charge in [-0.05, 0) is 41.6 Å². The summed E-state index contributed by atoms with van der Waals surface area (Å²) in [4.78, 5) is 0. The summed E-state index contributed by atoms with van der Waals surface area (Å²) < 4.78 is 6.70. The molecular formula is C13H13N5O. The monoisotopic (exact) mass is 255 g/mol. The van der Waals surface area contributed by atoms with Crippen LogP contribution >= 0.6 is 0 Å². The second-order valence-electron chi connectivity index (χ2n) is 4.23. The molecule has 3 aromatic rings. The van der Waals surface area contributed by atoms with Crippen molar-refractivity contribution in [3.8, 4) is 5.69 Å². The van der Waals surface area contributed by atoms with Gasteiger partial charge in [0, 0.05) is 11.3 Å². The molecule has 1 atom stereocenters. The van der Waals surface area contributed by atoms with E-state index in [1.54, 1.807) is 23.5 Å². The van der Waals surface area contributed by atoms with E-state index in [1.807, 2.05) is 30.3 Å². The third-order valence-electron chi connectivity index (χ3n) is 2.89. The lowest BCUT2D eigenvalue weighted by Gasteiger charge is -2.14. The normalized spacial score (nSPS) is 12.3. The van der Waals surface area contributed by atoms with Crippen LogP contribution in [-0.2, 0) is 0 Å². The van der Waals surface area contributed by atoms with E-state index >= 15 is 0 Å². The number of tetrazole rings is 1. The highest BCUT2D eigenvalue weighted by atomic mass is 16.3. The first-order valence-electron chi connectivity index (χ1n) is 5.95. The number of nitrogens with one attached hydrogen (secondary N) is 1. The van der Waals surface area contributed by atoms with Gasteiger partial charge in [0.2, 0.25) is 0 Å². The van der Waals surface area contributed by atoms with E-state index in [0.717, 1.165) is 16.9 Å². The summed E-state index contributed by atoms with van der Waals surface area (Å²) in [6, 6.07) is 10.0. The van der Waals surface area contributed by atoms with Gasteiger partial charge in [0.05, 0.1) is 24.3 Å². The summed E-state index contributed by atoms with van der Waals surface area (Å²) in [6.07, 6.45) is 4.98. The maximum atomic E-state index is 5.09. The molecule has 0 aliphatic carbocycles. The molecule has 0 amide bonds. The lowest BCUT2D eigenvalue weighted by Crippen LogP contribution is -2.06. The van der Waals surface area contributed by atoms with Crippen molar-refractivity contribution in [3.05, 3.63) is 54.7 Å². The number of hydrogen-bond donors (Lipinski definition) is 1. The summed E-state index contributed by atoms with van der Waals surface area (Å²) in [5, 5.41) is 14.5. The van der Waals surface area contributed by atoms with Gasteiger partial charge in [0.1, 0.15) is 6.33 Å². The number of nitrogens with zero attached hydrogens (tertiary/aromatic N) is 4. The highest BCUT2D eigenvalue weighted by Crippen LogP contribution is 2.21. The minimum atomic E-state index is 0.169. The standard InChI is InChI=1S/C13H13N5O/c1-10(11-5-6-19-8-11)15-12-3-2-4-13(7-12)18-9-14-16-17-18/h2-10,15H,1H3. The summed E-state index contributed by atoms with van der Waals surface area (Å²) in [5.74, 6) is 0. The molecule has 1 N–H and O–H groups in total. The van der Waals surface area contributed by atoms with Crippen molar-refractivity contribution in [1.82, 2.24) is 20.2 Å². The Bertz CT molecular complexity index is 633. The molecule has 1 unspecified atom stereocenters. The predicted molar refractivity (Wildman–Crippen MR) is 69.9 cm³/mol. The van der Waals surface area contributed by atoms with E-state index in [4.69, 9.17) is 4.42 Å². The van der Waals surface area contributed by atoms with Crippen molar-refractivity contribution < 1.29 is 4.42 Å². The van der Waals surface area contributed by atoms with Gasteiger partial charge in [-0.3, -0.25) is 0 Å². The fourth-order valence-electron chi connectivity index (χ4n) is 1.87. The van der Waals surface area contributed by atoms with Gasteiger partial charge in [-0.15, -0.1) is 5.10 Å². The Balaban J connectivity index is 1.80. The van der Waals surface area contributed by atoms with Crippen LogP contribution in [0.4, 0.5) is 5.69 Å². The lowest BCUT2D eigenvalue weighted by molar-refractivity contribution is 0.562. The summed E-state index contributed by atoms with van der Waals surface area (Å²) in [7, 11) is 0. The molecule has 3 rings (SSSR count). The maximum absolute atomic E-state index is 5.09. The van der Waals surface area contributed by atoms with Crippen LogP contribution in [0.1, 0.15) is 18.5 Å². The molecule has 0 spiro atoms. The molecule has 2 heterocycles. The summed E-state index contributed by atoms with van der Waals surface area (Å²) >= 11 is 0. The molecule has 2 aromatic heterocycles. The fraction of sp³-hybridized carbons (Fsp3) is 0.154. The van der Waals surface area contributed by atoms with Gasteiger partial charge < -0.3 is 9.73 Å². The summed E-state index contributed by atoms with van der Waals surface area (Å²) in [5.41, 5.74) is 3.02. The zero-order valence-electron chi connectivity index (χ0n) is 10.4. The first kappa shape index (κ1) is 11.5. The van der Waals surface area contributed by atoms with E-state index in [1.165, 1.54) is 0 Å². The largest absolute Gasteiger partial charge is 0.472 e. The van der Waals surface area contributed by atoms with Gasteiger partial charge in [-0.2, -0.15) is 0 Å². The van der Waals surface area contributed by atoms with E-state index < -0.39 is 0 Å². The molecule has 0 aliphatic heterocycles. The number of hydrogen-bond acceptors (Lipinski definition) is 5. The summed E-state index contributed by atoms with van der Waals surface area (Å²) in [6.45, 7) is 2.08. The zero-order chi connectivity index (χ0) is 13.1. The van der Waals surface area contributed by atoms with Crippen LogP contribution in [0, 0.1) is 0 Å². The number of anilines is 1. The number of rotatable bonds is 4. The van der Waals surface area contributed by atoms with Crippen LogP contribution in [0.3, 0.4) is 0 Å². The first-order valence-corrected chi connectivity index (χ1v) is 5.95. The minimum Gasteiger partial charge on any atom is -0.472 e. The van der Waals surface area contributed by atoms with Crippen LogP contribution in [0.2, 0.25) is 0 Å². The Kier molecular flexibility index (Phi) is 2.97. The molecule has 96 valence electrons. The molecule has 0 radical (unpaired) electrons. The van der Waals surface area contributed by atoms with Crippen molar-refractivity contribution in [3.63, 3.8) is 0 Å². The zero-order valence-corrected chi connectivity index (χ0v) is 10.4. The second kappa shape index (κ2) is 4.93. The number of furan rings is 1. The average molecular weight is 255 g/mol. The Morgan fingerprint density at radius 1 is 1.32 bits per heavy atom. The molecule has 1 aromatic carbocycles. The Hall–Kier alpha value is -2.63. The lowest BCUT2D eigenvalue weighted by atomic mass is 10.1. The Labute approximate surface area is 110 Å². The SMILES string of the molecule is CC(Nc1cccc(-n2cnnn2)c1)c1ccoc1. The van der Waals surface area contributed by atoms with Crippen molar-refractivity contribution in [1.29, 1.82) is 0 Å². The molecule has 6 heteroatoms. The Morgan fingerprint density at radius 2 is 2.26 bits per heavy atom. The van der Waals surface area contributed by atoms with Crippen LogP contribution in [0.5, 0.6) is 0 Å². The van der Waals surface area contributed by atoms with E-state index in [9.17, 15) is 0 Å². The van der Waals surface area contributed by atoms with Crippen molar-refractivity contribution in [2.45, 2.75) is 13.0 Å². The van der Waals surface area contributed by atoms with Crippen molar-refractivity contribution >= 4 is 5.69 Å². The van der Waals surface area contributed by atoms with E-state index in [2.05, 4.69) is 27.8 Å². The maximum Gasteiger partial charge on any atom is 0.143 e. The third kappa shape index (κ3) is 2.47. The topological polar surface area (TPSA) is 68.8 Å². The van der Waals surface area contributed by atoms with Crippen LogP contribution in [0.25, 0.3) is 5.69 Å². The minimum absolute atomic E-state index is 0.169. The first-order chi connectivity index (χ1) is 9.33. The molecule has 19 heavy (non-hydrogen) atoms. The van der Waals surface area contributed by atoms with Crippen molar-refractivity contribution in [2.75, 3.05) is 5.32 Å². The predicted octanol–water partition coefficient (Wildman–Crippen LogP) is 2.43. The van der Waals surface area contributed by atoms with E-state index in [0.29, 0.717) is 0 Å². The highest BCUT2D eigenvalue weighted by Gasteiger charge is 2.07. The van der Waals surface area contributed by atoms with Crippen molar-refractivity contribution in [2.24, 2.45) is 0 Å². The molecule has 0 saturated carbocycles. The third-order valence-corrected chi connectivity index (χ3v) is 2.89. The molecule has 0 bridgehead atoms. The van der Waals surface area contributed by atoms with Gasteiger partial charge in [-0.25, -0.2) is 4.68 Å². The van der Waals surface area contributed by atoms with E-state index in [-0.39, 0.29) is 6.04 Å². The molecule has 0 saturated heterocycles. The fourth-order valence-corrected chi connectivity index (χ4v) is 1.87. The van der Waals surface area contributed by atoms with Gasteiger partial charge >= 0.3 is 0 Å². The number of aromatic nitrogens is 4. The van der Waals surface area contributed by atoms with Crippen LogP contribution in [-0.4, -0.2) is 20.2 Å². The quantitative estimate of drug-likeness (QED) is 0.775. The Morgan fingerprint density at radius 3 is 3.00 bits per heavy atom. The average Bonchev–Trinajstić information content (AvgIpc) is 3.13. The molecule has 0 fully saturated rings. The van der Waals surface area contributed by atoms with Gasteiger partial charge in [0.25, 0.3) is 0 Å². The van der Waals surface area contributed by atoms with Crippen LogP contribution in [0.15, 0.2) is 53.6 Å². The molecule has 0 aliphatic rings. The highest BCUT2D eigenvalue weighted by molar-refractivity contribution is 5.51. The van der Waals surface area contributed by atoms with Gasteiger partial charge in [-0.1, -0.05) is 6.07 Å².